The van der Waals surface area contributed by atoms with Gasteiger partial charge in [0.2, 0.25) is 5.43 Å². The number of hydrogen-bond acceptors (Lipinski definition) is 6. The maximum absolute atomic E-state index is 12.4. The van der Waals surface area contributed by atoms with Gasteiger partial charge in [0.1, 0.15) is 11.4 Å². The Bertz CT molecular complexity index is 1380. The summed E-state index contributed by atoms with van der Waals surface area (Å²) in [6, 6.07) is 9.43. The Kier molecular flexibility index (Phi) is 5.25. The number of benzene rings is 1. The fourth-order valence-corrected chi connectivity index (χ4v) is 3.62. The Morgan fingerprint density at radius 1 is 1.06 bits per heavy atom. The number of aliphatic imine (C=N–C) groups is 1. The minimum Gasteiger partial charge on any atom is -0.293 e. The molecule has 4 heterocycles. The molecular weight excluding hydrogens is 402 g/mol. The molecule has 8 nitrogen and oxygen atoms in total. The van der Waals surface area contributed by atoms with E-state index in [4.69, 9.17) is 0 Å². The van der Waals surface area contributed by atoms with Crippen LogP contribution in [0.1, 0.15) is 23.2 Å². The van der Waals surface area contributed by atoms with Crippen LogP contribution in [0.3, 0.4) is 0 Å². The van der Waals surface area contributed by atoms with Crippen molar-refractivity contribution < 1.29 is 0 Å². The van der Waals surface area contributed by atoms with Crippen LogP contribution >= 0.6 is 0 Å². The van der Waals surface area contributed by atoms with E-state index in [0.717, 1.165) is 35.3 Å². The monoisotopic (exact) mass is 423 g/mol. The Balaban J connectivity index is 1.39. The zero-order valence-corrected chi connectivity index (χ0v) is 17.6. The van der Waals surface area contributed by atoms with Gasteiger partial charge in [0, 0.05) is 62.0 Å². The minimum absolute atomic E-state index is 0.0968. The Morgan fingerprint density at radius 3 is 2.69 bits per heavy atom. The summed E-state index contributed by atoms with van der Waals surface area (Å²) >= 11 is 0. The van der Waals surface area contributed by atoms with Gasteiger partial charge in [-0.1, -0.05) is 18.2 Å². The highest BCUT2D eigenvalue weighted by Gasteiger charge is 2.10. The molecule has 0 atom stereocenters. The van der Waals surface area contributed by atoms with Gasteiger partial charge in [-0.05, 0) is 29.7 Å². The van der Waals surface area contributed by atoms with Gasteiger partial charge in [0.15, 0.2) is 5.82 Å². The molecule has 1 aliphatic rings. The maximum atomic E-state index is 12.4. The standard InChI is InChI=1S/C24H21N7O/c1-30-16-21(15-28-30)31-10-7-23(32)22(29-31)12-17-3-2-4-19(11-17)24-26-13-20(14-27-24)18-5-8-25-9-6-18/h2-5,7-8,10-11,13-16H,6,9,12H2,1H3. The number of dihydropyridines is 1. The van der Waals surface area contributed by atoms with E-state index in [1.54, 1.807) is 21.8 Å². The van der Waals surface area contributed by atoms with Gasteiger partial charge in [0.25, 0.3) is 0 Å². The average Bonchev–Trinajstić information content (AvgIpc) is 3.28. The van der Waals surface area contributed by atoms with Gasteiger partial charge >= 0.3 is 0 Å². The lowest BCUT2D eigenvalue weighted by atomic mass is 10.0. The molecule has 158 valence electrons. The largest absolute Gasteiger partial charge is 0.293 e. The fraction of sp³-hybridized carbons (Fsp3) is 0.167. The van der Waals surface area contributed by atoms with E-state index in [1.807, 2.05) is 62.2 Å². The van der Waals surface area contributed by atoms with Crippen molar-refractivity contribution in [3.05, 3.63) is 94.4 Å². The molecule has 0 aliphatic carbocycles. The summed E-state index contributed by atoms with van der Waals surface area (Å²) in [5, 5.41) is 8.68. The summed E-state index contributed by atoms with van der Waals surface area (Å²) in [5.74, 6) is 0.648. The van der Waals surface area contributed by atoms with Crippen molar-refractivity contribution in [2.75, 3.05) is 6.54 Å². The Morgan fingerprint density at radius 2 is 1.94 bits per heavy atom. The lowest BCUT2D eigenvalue weighted by molar-refractivity contribution is 0.762. The van der Waals surface area contributed by atoms with E-state index in [9.17, 15) is 4.79 Å². The van der Waals surface area contributed by atoms with Gasteiger partial charge in [-0.15, -0.1) is 0 Å². The summed E-state index contributed by atoms with van der Waals surface area (Å²) in [6.07, 6.45) is 14.1. The summed E-state index contributed by atoms with van der Waals surface area (Å²) in [5.41, 5.74) is 5.25. The molecule has 5 rings (SSSR count). The van der Waals surface area contributed by atoms with E-state index >= 15 is 0 Å². The molecular formula is C24H21N7O. The molecule has 0 saturated heterocycles. The van der Waals surface area contributed by atoms with Crippen LogP contribution in [-0.4, -0.2) is 42.3 Å². The third-order valence-corrected chi connectivity index (χ3v) is 5.31. The van der Waals surface area contributed by atoms with Crippen molar-refractivity contribution in [1.82, 2.24) is 29.5 Å². The van der Waals surface area contributed by atoms with Crippen LogP contribution in [0.15, 0.2) is 77.2 Å². The molecule has 1 aliphatic heterocycles. The lowest BCUT2D eigenvalue weighted by Crippen LogP contribution is -2.16. The Labute approximate surface area is 184 Å². The Hall–Kier alpha value is -4.20. The topological polar surface area (TPSA) is 90.8 Å². The number of aromatic nitrogens is 6. The first kappa shape index (κ1) is 19.7. The number of allylic oxidation sites excluding steroid dienone is 1. The van der Waals surface area contributed by atoms with Crippen LogP contribution in [0, 0.1) is 0 Å². The summed E-state index contributed by atoms with van der Waals surface area (Å²) in [7, 11) is 1.84. The predicted octanol–water partition coefficient (Wildman–Crippen LogP) is 2.87. The molecule has 4 aromatic rings. The van der Waals surface area contributed by atoms with Crippen molar-refractivity contribution in [2.45, 2.75) is 12.8 Å². The second-order valence-electron chi connectivity index (χ2n) is 7.61. The third-order valence-electron chi connectivity index (χ3n) is 5.31. The lowest BCUT2D eigenvalue weighted by Gasteiger charge is -2.09. The van der Waals surface area contributed by atoms with Crippen LogP contribution in [0.5, 0.6) is 0 Å². The number of rotatable bonds is 5. The van der Waals surface area contributed by atoms with Gasteiger partial charge < -0.3 is 0 Å². The molecule has 0 spiro atoms. The SMILES string of the molecule is Cn1cc(-n2ccc(=O)c(Cc3cccc(-c4ncc(C5=CC=NCC5)cn4)c3)n2)cn1. The molecule has 0 unspecified atom stereocenters. The van der Waals surface area contributed by atoms with Crippen molar-refractivity contribution in [2.24, 2.45) is 12.0 Å². The van der Waals surface area contributed by atoms with E-state index in [0.29, 0.717) is 17.9 Å². The van der Waals surface area contributed by atoms with Crippen molar-refractivity contribution in [1.29, 1.82) is 0 Å². The quantitative estimate of drug-likeness (QED) is 0.492. The summed E-state index contributed by atoms with van der Waals surface area (Å²) < 4.78 is 3.36. The van der Waals surface area contributed by atoms with E-state index in [-0.39, 0.29) is 5.43 Å². The first-order valence-corrected chi connectivity index (χ1v) is 10.3. The van der Waals surface area contributed by atoms with Crippen LogP contribution < -0.4 is 5.43 Å². The minimum atomic E-state index is -0.0968. The molecule has 1 aromatic carbocycles. The molecule has 0 N–H and O–H groups in total. The van der Waals surface area contributed by atoms with Crippen molar-refractivity contribution in [3.63, 3.8) is 0 Å². The highest BCUT2D eigenvalue weighted by atomic mass is 16.1. The summed E-state index contributed by atoms with van der Waals surface area (Å²) in [6.45, 7) is 0.797. The van der Waals surface area contributed by atoms with Gasteiger partial charge in [-0.2, -0.15) is 10.2 Å². The average molecular weight is 423 g/mol. The summed E-state index contributed by atoms with van der Waals surface area (Å²) in [4.78, 5) is 25.8. The zero-order chi connectivity index (χ0) is 21.9. The van der Waals surface area contributed by atoms with E-state index in [1.165, 1.54) is 11.6 Å². The van der Waals surface area contributed by atoms with Gasteiger partial charge in [0.05, 0.1) is 12.4 Å². The van der Waals surface area contributed by atoms with Gasteiger partial charge in [-0.3, -0.25) is 14.5 Å². The molecule has 0 saturated carbocycles. The third kappa shape index (κ3) is 4.15. The van der Waals surface area contributed by atoms with E-state index in [2.05, 4.69) is 25.2 Å². The molecule has 0 bridgehead atoms. The van der Waals surface area contributed by atoms with E-state index < -0.39 is 0 Å². The second-order valence-corrected chi connectivity index (χ2v) is 7.61. The molecule has 3 aromatic heterocycles. The number of aryl methyl sites for hydroxylation is 1. The molecule has 8 heteroatoms. The molecule has 0 amide bonds. The highest BCUT2D eigenvalue weighted by Crippen LogP contribution is 2.22. The fourth-order valence-electron chi connectivity index (χ4n) is 3.62. The number of nitrogens with zero attached hydrogens (tertiary/aromatic N) is 7. The molecule has 0 radical (unpaired) electrons. The normalized spacial score (nSPS) is 13.2. The smallest absolute Gasteiger partial charge is 0.203 e. The van der Waals surface area contributed by atoms with Crippen LogP contribution in [-0.2, 0) is 13.5 Å². The highest BCUT2D eigenvalue weighted by molar-refractivity contribution is 5.86. The zero-order valence-electron chi connectivity index (χ0n) is 17.6. The predicted molar refractivity (Wildman–Crippen MR) is 123 cm³/mol. The molecule has 0 fully saturated rings. The van der Waals surface area contributed by atoms with Crippen LogP contribution in [0.25, 0.3) is 22.6 Å². The second kappa shape index (κ2) is 8.50. The van der Waals surface area contributed by atoms with Crippen molar-refractivity contribution >= 4 is 11.8 Å². The van der Waals surface area contributed by atoms with Crippen LogP contribution in [0.2, 0.25) is 0 Å². The van der Waals surface area contributed by atoms with Crippen molar-refractivity contribution in [3.8, 4) is 17.1 Å². The molecule has 32 heavy (non-hydrogen) atoms. The maximum Gasteiger partial charge on any atom is 0.203 e. The van der Waals surface area contributed by atoms with Crippen LogP contribution in [0.4, 0.5) is 0 Å². The number of hydrogen-bond donors (Lipinski definition) is 0. The van der Waals surface area contributed by atoms with Gasteiger partial charge in [-0.25, -0.2) is 14.6 Å². The first-order chi connectivity index (χ1) is 15.7. The first-order valence-electron chi connectivity index (χ1n) is 10.3.